The van der Waals surface area contributed by atoms with Crippen molar-refractivity contribution >= 4 is 23.2 Å². The van der Waals surface area contributed by atoms with Gasteiger partial charge in [0, 0.05) is 34.8 Å². The summed E-state index contributed by atoms with van der Waals surface area (Å²) < 4.78 is 0. The molecule has 0 N–H and O–H groups in total. The van der Waals surface area contributed by atoms with E-state index in [0.717, 1.165) is 27.9 Å². The zero-order valence-corrected chi connectivity index (χ0v) is 10.8. The van der Waals surface area contributed by atoms with Crippen molar-refractivity contribution in [3.8, 4) is 0 Å². The molecule has 0 aromatic heterocycles. The number of likely N-dealkylation sites (tertiary alicyclic amines) is 1. The number of rotatable bonds is 0. The maximum Gasteiger partial charge on any atom is 0.0615 e. The van der Waals surface area contributed by atoms with E-state index in [4.69, 9.17) is 23.2 Å². The first-order valence-electron chi connectivity index (χ1n) is 5.04. The molecule has 0 amide bonds. The fraction of sp³-hybridized carbons (Fsp3) is 0.500. The Morgan fingerprint density at radius 1 is 1.47 bits per heavy atom. The number of hydrogen-bond donors (Lipinski definition) is 0. The molecule has 0 saturated carbocycles. The largest absolute Gasteiger partial charge is 0.350 e. The van der Waals surface area contributed by atoms with Crippen molar-refractivity contribution in [1.82, 2.24) is 4.90 Å². The molecule has 0 radical (unpaired) electrons. The van der Waals surface area contributed by atoms with Crippen molar-refractivity contribution in [2.24, 2.45) is 11.3 Å². The highest BCUT2D eigenvalue weighted by atomic mass is 35.5. The summed E-state index contributed by atoms with van der Waals surface area (Å²) in [4.78, 5) is 2.10. The van der Waals surface area contributed by atoms with Gasteiger partial charge >= 0.3 is 0 Å². The zero-order chi connectivity index (χ0) is 11.4. The highest BCUT2D eigenvalue weighted by Crippen LogP contribution is 2.54. The van der Waals surface area contributed by atoms with E-state index in [0.29, 0.717) is 5.92 Å². The molecule has 1 aliphatic heterocycles. The molecule has 1 nitrogen and oxygen atoms in total. The van der Waals surface area contributed by atoms with Gasteiger partial charge in [-0.15, -0.1) is 0 Å². The molecule has 15 heavy (non-hydrogen) atoms. The van der Waals surface area contributed by atoms with Crippen molar-refractivity contribution in [3.05, 3.63) is 34.1 Å². The zero-order valence-electron chi connectivity index (χ0n) is 9.27. The van der Waals surface area contributed by atoms with Crippen LogP contribution in [0.1, 0.15) is 20.3 Å². The third kappa shape index (κ3) is 1.44. The van der Waals surface area contributed by atoms with Crippen LogP contribution in [-0.4, -0.2) is 11.9 Å². The SMILES string of the molecule is C=C1N(C)C2=C(Cl)C=C(Cl)CC2C1(C)C. The summed E-state index contributed by atoms with van der Waals surface area (Å²) in [5, 5.41) is 1.59. The lowest BCUT2D eigenvalue weighted by Gasteiger charge is -2.28. The van der Waals surface area contributed by atoms with Gasteiger partial charge in [-0.3, -0.25) is 0 Å². The monoisotopic (exact) mass is 243 g/mol. The van der Waals surface area contributed by atoms with Gasteiger partial charge in [0.15, 0.2) is 0 Å². The molecule has 1 fully saturated rings. The first kappa shape index (κ1) is 11.1. The van der Waals surface area contributed by atoms with Crippen molar-refractivity contribution in [2.45, 2.75) is 20.3 Å². The van der Waals surface area contributed by atoms with Crippen LogP contribution in [0.15, 0.2) is 34.1 Å². The Labute approximate surface area is 101 Å². The molecule has 1 aliphatic carbocycles. The number of hydrogen-bond acceptors (Lipinski definition) is 1. The maximum atomic E-state index is 6.24. The lowest BCUT2D eigenvalue weighted by molar-refractivity contribution is 0.339. The fourth-order valence-electron chi connectivity index (χ4n) is 2.50. The minimum absolute atomic E-state index is 0.0403. The Kier molecular flexibility index (Phi) is 2.44. The fourth-order valence-corrected chi connectivity index (χ4v) is 3.21. The van der Waals surface area contributed by atoms with Crippen LogP contribution in [0, 0.1) is 11.3 Å². The summed E-state index contributed by atoms with van der Waals surface area (Å²) in [5.74, 6) is 0.361. The van der Waals surface area contributed by atoms with Crippen LogP contribution in [0.4, 0.5) is 0 Å². The van der Waals surface area contributed by atoms with Gasteiger partial charge < -0.3 is 4.90 Å². The van der Waals surface area contributed by atoms with Crippen molar-refractivity contribution < 1.29 is 0 Å². The highest BCUT2D eigenvalue weighted by Gasteiger charge is 2.47. The minimum Gasteiger partial charge on any atom is -0.350 e. The molecule has 82 valence electrons. The summed E-state index contributed by atoms with van der Waals surface area (Å²) in [7, 11) is 2.02. The van der Waals surface area contributed by atoms with Gasteiger partial charge in [0.2, 0.25) is 0 Å². The first-order valence-corrected chi connectivity index (χ1v) is 5.80. The third-order valence-corrected chi connectivity index (χ3v) is 4.20. The average molecular weight is 244 g/mol. The predicted octanol–water partition coefficient (Wildman–Crippen LogP) is 4.06. The van der Waals surface area contributed by atoms with Crippen LogP contribution < -0.4 is 0 Å². The second-order valence-electron chi connectivity index (χ2n) is 4.81. The van der Waals surface area contributed by atoms with Gasteiger partial charge in [-0.2, -0.15) is 0 Å². The van der Waals surface area contributed by atoms with E-state index >= 15 is 0 Å². The first-order chi connectivity index (χ1) is 6.85. The Bertz CT molecular complexity index is 390. The summed E-state index contributed by atoms with van der Waals surface area (Å²) in [6.45, 7) is 8.53. The molecule has 0 aromatic carbocycles. The standard InChI is InChI=1S/C12H15Cl2N/c1-7-12(2,3)9-5-8(13)6-10(14)11(9)15(7)4/h6,9H,1,5H2,2-4H3. The summed E-state index contributed by atoms with van der Waals surface area (Å²) in [5.41, 5.74) is 2.31. The minimum atomic E-state index is 0.0403. The van der Waals surface area contributed by atoms with Crippen LogP contribution in [0.5, 0.6) is 0 Å². The van der Waals surface area contributed by atoms with Crippen LogP contribution in [0.3, 0.4) is 0 Å². The molecular weight excluding hydrogens is 229 g/mol. The Morgan fingerprint density at radius 2 is 2.07 bits per heavy atom. The van der Waals surface area contributed by atoms with E-state index in [1.165, 1.54) is 0 Å². The number of allylic oxidation sites excluding steroid dienone is 5. The topological polar surface area (TPSA) is 3.24 Å². The van der Waals surface area contributed by atoms with E-state index in [9.17, 15) is 0 Å². The third-order valence-electron chi connectivity index (χ3n) is 3.64. The number of fused-ring (bicyclic) bond motifs is 1. The molecule has 2 aliphatic rings. The van der Waals surface area contributed by atoms with Crippen LogP contribution in [0.25, 0.3) is 0 Å². The molecule has 3 heteroatoms. The smallest absolute Gasteiger partial charge is 0.0615 e. The van der Waals surface area contributed by atoms with Gasteiger partial charge in [-0.1, -0.05) is 43.6 Å². The van der Waals surface area contributed by atoms with Gasteiger partial charge in [0.1, 0.15) is 0 Å². The molecule has 1 unspecified atom stereocenters. The van der Waals surface area contributed by atoms with Crippen molar-refractivity contribution in [1.29, 1.82) is 0 Å². The second kappa shape index (κ2) is 3.29. The Morgan fingerprint density at radius 3 is 2.67 bits per heavy atom. The molecule has 1 heterocycles. The average Bonchev–Trinajstić information content (AvgIpc) is 2.28. The van der Waals surface area contributed by atoms with Gasteiger partial charge in [0.25, 0.3) is 0 Å². The number of nitrogens with zero attached hydrogens (tertiary/aromatic N) is 1. The van der Waals surface area contributed by atoms with E-state index in [2.05, 4.69) is 25.3 Å². The molecule has 0 spiro atoms. The van der Waals surface area contributed by atoms with Gasteiger partial charge in [-0.25, -0.2) is 0 Å². The molecule has 0 aromatic rings. The van der Waals surface area contributed by atoms with Crippen molar-refractivity contribution in [2.75, 3.05) is 7.05 Å². The second-order valence-corrected chi connectivity index (χ2v) is 5.70. The quantitative estimate of drug-likeness (QED) is 0.621. The van der Waals surface area contributed by atoms with Crippen LogP contribution >= 0.6 is 23.2 Å². The van der Waals surface area contributed by atoms with E-state index < -0.39 is 0 Å². The lowest BCUT2D eigenvalue weighted by atomic mass is 9.75. The Balaban J connectivity index is 2.55. The van der Waals surface area contributed by atoms with E-state index in [1.54, 1.807) is 0 Å². The van der Waals surface area contributed by atoms with Gasteiger partial charge in [-0.05, 0) is 12.5 Å². The molecule has 2 rings (SSSR count). The van der Waals surface area contributed by atoms with Crippen molar-refractivity contribution in [3.63, 3.8) is 0 Å². The van der Waals surface area contributed by atoms with E-state index in [1.807, 2.05) is 13.1 Å². The molecule has 1 saturated heterocycles. The molecule has 1 atom stereocenters. The Hall–Kier alpha value is -0.400. The summed E-state index contributed by atoms with van der Waals surface area (Å²) in [6, 6.07) is 0. The number of halogens is 2. The predicted molar refractivity (Wildman–Crippen MR) is 65.6 cm³/mol. The molecular formula is C12H15Cl2N. The van der Waals surface area contributed by atoms with Crippen LogP contribution in [0.2, 0.25) is 0 Å². The highest BCUT2D eigenvalue weighted by molar-refractivity contribution is 6.35. The normalized spacial score (nSPS) is 29.4. The molecule has 0 bridgehead atoms. The van der Waals surface area contributed by atoms with E-state index in [-0.39, 0.29) is 5.41 Å². The lowest BCUT2D eigenvalue weighted by Crippen LogP contribution is -2.21. The summed E-state index contributed by atoms with van der Waals surface area (Å²) >= 11 is 12.3. The maximum absolute atomic E-state index is 6.24. The van der Waals surface area contributed by atoms with Gasteiger partial charge in [0.05, 0.1) is 5.03 Å². The summed E-state index contributed by atoms with van der Waals surface area (Å²) in [6.07, 6.45) is 2.71. The van der Waals surface area contributed by atoms with Crippen LogP contribution in [-0.2, 0) is 0 Å².